The number of hydrogen-bond acceptors (Lipinski definition) is 11. The minimum absolute atomic E-state index is 0.000868. The van der Waals surface area contributed by atoms with Gasteiger partial charge in [0.25, 0.3) is 0 Å². The van der Waals surface area contributed by atoms with Gasteiger partial charge in [0.05, 0.1) is 12.1 Å². The van der Waals surface area contributed by atoms with Gasteiger partial charge >= 0.3 is 0 Å². The highest BCUT2D eigenvalue weighted by atomic mass is 16.8. The highest BCUT2D eigenvalue weighted by molar-refractivity contribution is 5.91. The van der Waals surface area contributed by atoms with E-state index in [1.807, 2.05) is 0 Å². The fourth-order valence-corrected chi connectivity index (χ4v) is 9.21. The monoisotopic (exact) mass is 535 g/mol. The van der Waals surface area contributed by atoms with E-state index >= 15 is 0 Å². The minimum atomic E-state index is -1.93. The van der Waals surface area contributed by atoms with Gasteiger partial charge < -0.3 is 44.5 Å². The summed E-state index contributed by atoms with van der Waals surface area (Å²) in [6, 6.07) is 0. The van der Waals surface area contributed by atoms with Crippen molar-refractivity contribution in [3.05, 3.63) is 11.6 Å². The molecule has 0 amide bonds. The summed E-state index contributed by atoms with van der Waals surface area (Å²) in [5, 5.41) is 52.3. The van der Waals surface area contributed by atoms with Gasteiger partial charge in [-0.15, -0.1) is 0 Å². The van der Waals surface area contributed by atoms with Crippen LogP contribution in [0.3, 0.4) is 0 Å². The van der Waals surface area contributed by atoms with Gasteiger partial charge in [-0.3, -0.25) is 9.59 Å². The number of fused-ring (bicyclic) bond motifs is 6. The Morgan fingerprint density at radius 2 is 1.87 bits per heavy atom. The summed E-state index contributed by atoms with van der Waals surface area (Å²) in [5.74, 6) is -2.24. The summed E-state index contributed by atoms with van der Waals surface area (Å²) in [7, 11) is 0. The summed E-state index contributed by atoms with van der Waals surface area (Å²) in [6.07, 6.45) is -4.21. The molecule has 4 aliphatic carbocycles. The Morgan fingerprint density at radius 1 is 1.11 bits per heavy atom. The van der Waals surface area contributed by atoms with E-state index in [-0.39, 0.29) is 40.8 Å². The Labute approximate surface area is 219 Å². The lowest BCUT2D eigenvalue weighted by Gasteiger charge is -2.57. The van der Waals surface area contributed by atoms with Gasteiger partial charge in [-0.1, -0.05) is 12.5 Å². The molecular formula is C27H35O11-. The third kappa shape index (κ3) is 3.56. The summed E-state index contributed by atoms with van der Waals surface area (Å²) in [5.41, 5.74) is 0.0637. The second-order valence-corrected chi connectivity index (χ2v) is 12.3. The SMILES string of the molecule is C[C@]12CCC(=O)C=C1CC[C@@H]1[C@@H]2[C@@H]2C[C@]3(C(O[C@@H]4O[C@H](C(=O)[O-])[C@@H](O)[C@H](O)[C@H]4O)O2)[C@@H](C(=O)CO)CC[C@@H]13. The number of carbonyl (C=O) groups excluding carboxylic acids is 3. The molecule has 11 heteroatoms. The van der Waals surface area contributed by atoms with Gasteiger partial charge in [0, 0.05) is 17.8 Å². The largest absolute Gasteiger partial charge is 0.547 e. The maximum atomic E-state index is 13.0. The zero-order valence-corrected chi connectivity index (χ0v) is 21.2. The number of carboxylic acids is 1. The molecule has 6 aliphatic rings. The highest BCUT2D eigenvalue weighted by Crippen LogP contribution is 2.71. The van der Waals surface area contributed by atoms with Crippen LogP contribution in [0.5, 0.6) is 0 Å². The van der Waals surface area contributed by atoms with Crippen LogP contribution in [0, 0.1) is 34.5 Å². The lowest BCUT2D eigenvalue weighted by molar-refractivity contribution is -0.368. The smallest absolute Gasteiger partial charge is 0.190 e. The molecule has 2 bridgehead atoms. The van der Waals surface area contributed by atoms with Gasteiger partial charge in [0.1, 0.15) is 31.0 Å². The van der Waals surface area contributed by atoms with Crippen molar-refractivity contribution in [2.24, 2.45) is 34.5 Å². The van der Waals surface area contributed by atoms with Crippen molar-refractivity contribution in [2.45, 2.75) is 95.0 Å². The highest BCUT2D eigenvalue weighted by Gasteiger charge is 2.72. The number of rotatable bonds is 5. The van der Waals surface area contributed by atoms with E-state index in [1.54, 1.807) is 6.08 Å². The number of ketones is 2. The van der Waals surface area contributed by atoms with E-state index in [4.69, 9.17) is 14.2 Å². The number of carboxylic acid groups (broad SMARTS) is 1. The molecule has 6 rings (SSSR count). The predicted molar refractivity (Wildman–Crippen MR) is 123 cm³/mol. The molecule has 3 saturated carbocycles. The zero-order valence-electron chi connectivity index (χ0n) is 21.2. The molecule has 38 heavy (non-hydrogen) atoms. The van der Waals surface area contributed by atoms with Gasteiger partial charge in [0.2, 0.25) is 0 Å². The first kappa shape index (κ1) is 26.5. The fraction of sp³-hybridized carbons (Fsp3) is 0.815. The molecule has 2 saturated heterocycles. The lowest BCUT2D eigenvalue weighted by atomic mass is 9.46. The molecule has 5 fully saturated rings. The van der Waals surface area contributed by atoms with Crippen molar-refractivity contribution in [2.75, 3.05) is 6.61 Å². The molecule has 1 unspecified atom stereocenters. The van der Waals surface area contributed by atoms with Crippen LogP contribution in [0.4, 0.5) is 0 Å². The zero-order chi connectivity index (χ0) is 27.1. The average Bonchev–Trinajstić information content (AvgIpc) is 3.42. The standard InChI is InChI=1S/C27H36O11/c1-26-7-6-12(29)8-11(26)2-3-13-14-4-5-15(16(30)10-28)27(14)9-17(18(13)26)36-25(27)38-24-21(33)19(31)20(32)22(37-24)23(34)35/h8,13-15,17-22,24-25,28,31-33H,2-7,9-10H2,1H3,(H,34,35)/p-1/t13-,14-,15+,17-,18+,19-,20-,21+,22-,24-,25?,26-,27+/m0/s1. The maximum absolute atomic E-state index is 13.0. The first-order chi connectivity index (χ1) is 18.0. The third-order valence-electron chi connectivity index (χ3n) is 10.8. The second-order valence-electron chi connectivity index (χ2n) is 12.3. The van der Waals surface area contributed by atoms with E-state index < -0.39 is 60.9 Å². The predicted octanol–water partition coefficient (Wildman–Crippen LogP) is -1.42. The Bertz CT molecular complexity index is 1060. The van der Waals surface area contributed by atoms with E-state index in [1.165, 1.54) is 0 Å². The van der Waals surface area contributed by atoms with E-state index in [2.05, 4.69) is 6.92 Å². The first-order valence-electron chi connectivity index (χ1n) is 13.6. The van der Waals surface area contributed by atoms with Crippen molar-refractivity contribution in [3.8, 4) is 0 Å². The van der Waals surface area contributed by atoms with Crippen LogP contribution in [0.15, 0.2) is 11.6 Å². The van der Waals surface area contributed by atoms with Crippen LogP contribution in [-0.4, -0.2) is 87.7 Å². The number of aliphatic hydroxyl groups excluding tert-OH is 4. The summed E-state index contributed by atoms with van der Waals surface area (Å²) in [6.45, 7) is 1.56. The summed E-state index contributed by atoms with van der Waals surface area (Å²) >= 11 is 0. The molecule has 4 N–H and O–H groups in total. The average molecular weight is 536 g/mol. The van der Waals surface area contributed by atoms with Crippen molar-refractivity contribution < 1.29 is 54.1 Å². The van der Waals surface area contributed by atoms with Gasteiger partial charge in [-0.2, -0.15) is 0 Å². The topological polar surface area (TPSA) is 183 Å². The van der Waals surface area contributed by atoms with Crippen LogP contribution in [0.1, 0.15) is 51.9 Å². The molecule has 0 radical (unpaired) electrons. The summed E-state index contributed by atoms with van der Waals surface area (Å²) in [4.78, 5) is 36.8. The Morgan fingerprint density at radius 3 is 2.58 bits per heavy atom. The number of hydrogen-bond donors (Lipinski definition) is 4. The van der Waals surface area contributed by atoms with Gasteiger partial charge in [-0.05, 0) is 67.8 Å². The van der Waals surface area contributed by atoms with Crippen molar-refractivity contribution in [3.63, 3.8) is 0 Å². The fourth-order valence-electron chi connectivity index (χ4n) is 9.21. The molecule has 0 aromatic carbocycles. The third-order valence-corrected chi connectivity index (χ3v) is 10.8. The molecule has 0 aromatic rings. The van der Waals surface area contributed by atoms with Crippen LogP contribution in [0.25, 0.3) is 0 Å². The van der Waals surface area contributed by atoms with Gasteiger partial charge in [0.15, 0.2) is 24.1 Å². The lowest BCUT2D eigenvalue weighted by Crippen LogP contribution is -2.63. The molecule has 13 atom stereocenters. The number of aliphatic hydroxyl groups is 4. The molecule has 0 aromatic heterocycles. The quantitative estimate of drug-likeness (QED) is 0.324. The summed E-state index contributed by atoms with van der Waals surface area (Å²) < 4.78 is 18.1. The number of aliphatic carboxylic acids is 1. The number of allylic oxidation sites excluding steroid dienone is 1. The Kier molecular flexibility index (Phi) is 6.38. The number of carbonyl (C=O) groups is 3. The maximum Gasteiger partial charge on any atom is 0.190 e. The second kappa shape index (κ2) is 9.15. The van der Waals surface area contributed by atoms with E-state index in [9.17, 15) is 39.9 Å². The molecule has 2 aliphatic heterocycles. The molecule has 2 heterocycles. The number of ether oxygens (including phenoxy) is 3. The minimum Gasteiger partial charge on any atom is -0.547 e. The van der Waals surface area contributed by atoms with Crippen molar-refractivity contribution in [1.29, 1.82) is 0 Å². The van der Waals surface area contributed by atoms with Crippen molar-refractivity contribution >= 4 is 17.5 Å². The van der Waals surface area contributed by atoms with Crippen molar-refractivity contribution in [1.82, 2.24) is 0 Å². The molecule has 1 spiro atoms. The molecule has 11 nitrogen and oxygen atoms in total. The van der Waals surface area contributed by atoms with Crippen LogP contribution in [-0.2, 0) is 28.6 Å². The van der Waals surface area contributed by atoms with Gasteiger partial charge in [-0.25, -0.2) is 0 Å². The van der Waals surface area contributed by atoms with Crippen LogP contribution in [0.2, 0.25) is 0 Å². The van der Waals surface area contributed by atoms with Crippen LogP contribution < -0.4 is 5.11 Å². The molecule has 210 valence electrons. The normalized spacial score (nSPS) is 51.6. The number of Topliss-reactive ketones (excluding diaryl/α,β-unsaturated/α-hetero) is 1. The Balaban J connectivity index is 1.37. The van der Waals surface area contributed by atoms with E-state index in [0.717, 1.165) is 24.8 Å². The molecular weight excluding hydrogens is 500 g/mol. The van der Waals surface area contributed by atoms with Crippen LogP contribution >= 0.6 is 0 Å². The first-order valence-corrected chi connectivity index (χ1v) is 13.6. The van der Waals surface area contributed by atoms with E-state index in [0.29, 0.717) is 25.7 Å². The Hall–Kier alpha value is -1.73.